The summed E-state index contributed by atoms with van der Waals surface area (Å²) in [6.45, 7) is 2.01. The highest BCUT2D eigenvalue weighted by molar-refractivity contribution is 6.04. The van der Waals surface area contributed by atoms with Gasteiger partial charge in [0.2, 0.25) is 0 Å². The van der Waals surface area contributed by atoms with Gasteiger partial charge in [0.05, 0.1) is 0 Å². The Morgan fingerprint density at radius 2 is 2.12 bits per heavy atom. The lowest BCUT2D eigenvalue weighted by Gasteiger charge is -2.16. The Hall–Kier alpha value is -1.84. The highest BCUT2D eigenvalue weighted by Crippen LogP contribution is 2.13. The molecule has 1 unspecified atom stereocenters. The van der Waals surface area contributed by atoms with Crippen molar-refractivity contribution in [2.75, 3.05) is 7.05 Å². The summed E-state index contributed by atoms with van der Waals surface area (Å²) in [5, 5.41) is 2.30. The van der Waals surface area contributed by atoms with Crippen LogP contribution in [0.5, 0.6) is 0 Å². The fourth-order valence-corrected chi connectivity index (χ4v) is 1.89. The lowest BCUT2D eigenvalue weighted by atomic mass is 10.0. The SMILES string of the molecule is Cc1cccc(CC2C(=O)NC(=O)N2C)c1. The van der Waals surface area contributed by atoms with Gasteiger partial charge in [-0.2, -0.15) is 0 Å². The van der Waals surface area contributed by atoms with Crippen LogP contribution in [-0.2, 0) is 11.2 Å². The fraction of sp³-hybridized carbons (Fsp3) is 0.333. The van der Waals surface area contributed by atoms with Crippen molar-refractivity contribution in [1.29, 1.82) is 0 Å². The number of likely N-dealkylation sites (N-methyl/N-ethyl adjacent to an activating group) is 1. The molecule has 0 saturated carbocycles. The molecule has 1 aliphatic heterocycles. The molecule has 0 radical (unpaired) electrons. The minimum atomic E-state index is -0.380. The lowest BCUT2D eigenvalue weighted by Crippen LogP contribution is -2.33. The number of benzene rings is 1. The molecule has 4 heteroatoms. The second-order valence-electron chi connectivity index (χ2n) is 4.11. The topological polar surface area (TPSA) is 49.4 Å². The predicted octanol–water partition coefficient (Wildman–Crippen LogP) is 1.09. The molecule has 4 nitrogen and oxygen atoms in total. The molecule has 84 valence electrons. The third-order valence-corrected chi connectivity index (χ3v) is 2.83. The van der Waals surface area contributed by atoms with Crippen LogP contribution >= 0.6 is 0 Å². The Labute approximate surface area is 94.2 Å². The second-order valence-corrected chi connectivity index (χ2v) is 4.11. The van der Waals surface area contributed by atoms with Crippen molar-refractivity contribution < 1.29 is 9.59 Å². The number of carbonyl (C=O) groups is 2. The fourth-order valence-electron chi connectivity index (χ4n) is 1.89. The van der Waals surface area contributed by atoms with Crippen molar-refractivity contribution in [2.24, 2.45) is 0 Å². The van der Waals surface area contributed by atoms with E-state index in [4.69, 9.17) is 0 Å². The van der Waals surface area contributed by atoms with E-state index in [-0.39, 0.29) is 18.0 Å². The summed E-state index contributed by atoms with van der Waals surface area (Å²) in [4.78, 5) is 24.2. The summed E-state index contributed by atoms with van der Waals surface area (Å²) in [5.74, 6) is -0.214. The Morgan fingerprint density at radius 1 is 1.38 bits per heavy atom. The molecular weight excluding hydrogens is 204 g/mol. The first kappa shape index (κ1) is 10.7. The highest BCUT2D eigenvalue weighted by Gasteiger charge is 2.35. The van der Waals surface area contributed by atoms with E-state index in [1.165, 1.54) is 4.90 Å². The maximum Gasteiger partial charge on any atom is 0.324 e. The van der Waals surface area contributed by atoms with E-state index in [2.05, 4.69) is 5.32 Å². The van der Waals surface area contributed by atoms with E-state index in [1.54, 1.807) is 7.05 Å². The zero-order chi connectivity index (χ0) is 11.7. The van der Waals surface area contributed by atoms with Crippen LogP contribution in [0.2, 0.25) is 0 Å². The summed E-state index contributed by atoms with van der Waals surface area (Å²) in [6, 6.07) is 7.27. The molecular formula is C12H14N2O2. The number of carbonyl (C=O) groups excluding carboxylic acids is 2. The van der Waals surface area contributed by atoms with Crippen LogP contribution in [0.4, 0.5) is 4.79 Å². The van der Waals surface area contributed by atoms with E-state index >= 15 is 0 Å². The highest BCUT2D eigenvalue weighted by atomic mass is 16.2. The number of urea groups is 1. The van der Waals surface area contributed by atoms with Crippen LogP contribution in [0.25, 0.3) is 0 Å². The van der Waals surface area contributed by atoms with Gasteiger partial charge in [0.1, 0.15) is 6.04 Å². The Kier molecular flexibility index (Phi) is 2.64. The molecule has 1 aromatic rings. The number of hydrogen-bond donors (Lipinski definition) is 1. The van der Waals surface area contributed by atoms with Gasteiger partial charge >= 0.3 is 6.03 Å². The van der Waals surface area contributed by atoms with Crippen LogP contribution in [0, 0.1) is 6.92 Å². The quantitative estimate of drug-likeness (QED) is 0.755. The monoisotopic (exact) mass is 218 g/mol. The zero-order valence-electron chi connectivity index (χ0n) is 9.36. The summed E-state index contributed by atoms with van der Waals surface area (Å²) in [5.41, 5.74) is 2.23. The molecule has 0 aliphatic carbocycles. The lowest BCUT2D eigenvalue weighted by molar-refractivity contribution is -0.121. The molecule has 0 bridgehead atoms. The maximum absolute atomic E-state index is 11.5. The van der Waals surface area contributed by atoms with Crippen molar-refractivity contribution in [3.8, 4) is 0 Å². The summed E-state index contributed by atoms with van der Waals surface area (Å²) in [7, 11) is 1.64. The molecule has 16 heavy (non-hydrogen) atoms. The van der Waals surface area contributed by atoms with Gasteiger partial charge in [-0.25, -0.2) is 4.79 Å². The minimum absolute atomic E-state index is 0.214. The Morgan fingerprint density at radius 3 is 2.69 bits per heavy atom. The van der Waals surface area contributed by atoms with E-state index in [9.17, 15) is 9.59 Å². The number of hydrogen-bond acceptors (Lipinski definition) is 2. The van der Waals surface area contributed by atoms with Gasteiger partial charge in [0.25, 0.3) is 5.91 Å². The number of nitrogens with zero attached hydrogens (tertiary/aromatic N) is 1. The van der Waals surface area contributed by atoms with E-state index < -0.39 is 0 Å². The zero-order valence-corrected chi connectivity index (χ0v) is 9.36. The summed E-state index contributed by atoms with van der Waals surface area (Å²) in [6.07, 6.45) is 0.565. The van der Waals surface area contributed by atoms with Crippen LogP contribution in [-0.4, -0.2) is 29.9 Å². The minimum Gasteiger partial charge on any atom is -0.315 e. The first-order valence-corrected chi connectivity index (χ1v) is 5.21. The van der Waals surface area contributed by atoms with Crippen molar-refractivity contribution in [3.05, 3.63) is 35.4 Å². The Balaban J connectivity index is 2.16. The van der Waals surface area contributed by atoms with Crippen molar-refractivity contribution in [3.63, 3.8) is 0 Å². The van der Waals surface area contributed by atoms with Crippen LogP contribution in [0.1, 0.15) is 11.1 Å². The third-order valence-electron chi connectivity index (χ3n) is 2.83. The number of nitrogens with one attached hydrogen (secondary N) is 1. The van der Waals surface area contributed by atoms with Crippen LogP contribution in [0.15, 0.2) is 24.3 Å². The van der Waals surface area contributed by atoms with Crippen molar-refractivity contribution >= 4 is 11.9 Å². The van der Waals surface area contributed by atoms with Crippen molar-refractivity contribution in [1.82, 2.24) is 10.2 Å². The standard InChI is InChI=1S/C12H14N2O2/c1-8-4-3-5-9(6-8)7-10-11(15)13-12(16)14(10)2/h3-6,10H,7H2,1-2H3,(H,13,15,16). The van der Waals surface area contributed by atoms with Gasteiger partial charge < -0.3 is 4.90 Å². The maximum atomic E-state index is 11.5. The van der Waals surface area contributed by atoms with Gasteiger partial charge in [-0.3, -0.25) is 10.1 Å². The summed E-state index contributed by atoms with van der Waals surface area (Å²) >= 11 is 0. The number of imide groups is 1. The molecule has 1 saturated heterocycles. The largest absolute Gasteiger partial charge is 0.324 e. The van der Waals surface area contributed by atoms with E-state index in [0.717, 1.165) is 11.1 Å². The normalized spacial score (nSPS) is 20.1. The third kappa shape index (κ3) is 1.91. The molecule has 1 heterocycles. The number of amides is 3. The summed E-state index contributed by atoms with van der Waals surface area (Å²) < 4.78 is 0. The van der Waals surface area contributed by atoms with E-state index in [0.29, 0.717) is 6.42 Å². The molecule has 1 N–H and O–H groups in total. The average molecular weight is 218 g/mol. The molecule has 1 atom stereocenters. The predicted molar refractivity (Wildman–Crippen MR) is 60.0 cm³/mol. The number of aryl methyl sites for hydroxylation is 1. The van der Waals surface area contributed by atoms with Gasteiger partial charge in [0.15, 0.2) is 0 Å². The average Bonchev–Trinajstić information content (AvgIpc) is 2.45. The Bertz CT molecular complexity index is 442. The van der Waals surface area contributed by atoms with Crippen LogP contribution < -0.4 is 5.32 Å². The molecule has 0 aromatic heterocycles. The molecule has 1 aromatic carbocycles. The van der Waals surface area contributed by atoms with E-state index in [1.807, 2.05) is 31.2 Å². The first-order chi connectivity index (χ1) is 7.58. The molecule has 1 fully saturated rings. The molecule has 0 spiro atoms. The van der Waals surface area contributed by atoms with Gasteiger partial charge in [0, 0.05) is 13.5 Å². The number of rotatable bonds is 2. The molecule has 2 rings (SSSR count). The second kappa shape index (κ2) is 3.96. The first-order valence-electron chi connectivity index (χ1n) is 5.21. The smallest absolute Gasteiger partial charge is 0.315 e. The van der Waals surface area contributed by atoms with Crippen molar-refractivity contribution in [2.45, 2.75) is 19.4 Å². The van der Waals surface area contributed by atoms with Crippen LogP contribution in [0.3, 0.4) is 0 Å². The van der Waals surface area contributed by atoms with Gasteiger partial charge in [-0.15, -0.1) is 0 Å². The van der Waals surface area contributed by atoms with Gasteiger partial charge in [-0.05, 0) is 12.5 Å². The molecule has 3 amide bonds. The molecule has 1 aliphatic rings. The van der Waals surface area contributed by atoms with Gasteiger partial charge in [-0.1, -0.05) is 29.8 Å².